The molecule has 0 radical (unpaired) electrons. The average Bonchev–Trinajstić information content (AvgIpc) is 2.77. The Kier molecular flexibility index (Phi) is 5.41. The third-order valence-electron chi connectivity index (χ3n) is 5.41. The summed E-state index contributed by atoms with van der Waals surface area (Å²) in [6, 6.07) is 8.17. The number of benzene rings is 2. The lowest BCUT2D eigenvalue weighted by Gasteiger charge is -2.31. The van der Waals surface area contributed by atoms with Crippen molar-refractivity contribution in [2.45, 2.75) is 25.4 Å². The lowest BCUT2D eigenvalue weighted by Crippen LogP contribution is -2.34. The first kappa shape index (κ1) is 22.1. The zero-order chi connectivity index (χ0) is 23.9. The van der Waals surface area contributed by atoms with Crippen LogP contribution in [0.4, 0.5) is 14.5 Å². The summed E-state index contributed by atoms with van der Waals surface area (Å²) in [6.45, 7) is 1.16. The van der Waals surface area contributed by atoms with E-state index in [-0.39, 0.29) is 34.1 Å². The van der Waals surface area contributed by atoms with Crippen molar-refractivity contribution in [3.05, 3.63) is 82.6 Å². The van der Waals surface area contributed by atoms with Crippen molar-refractivity contribution in [3.63, 3.8) is 0 Å². The molecule has 0 aromatic heterocycles. The summed E-state index contributed by atoms with van der Waals surface area (Å²) in [5.74, 6) is -6.57. The molecule has 1 aliphatic heterocycles. The van der Waals surface area contributed by atoms with Gasteiger partial charge < -0.3 is 25.4 Å². The number of fused-ring (bicyclic) bond motifs is 2. The van der Waals surface area contributed by atoms with E-state index < -0.39 is 30.3 Å². The summed E-state index contributed by atoms with van der Waals surface area (Å²) in [5.41, 5.74) is 0.765. The van der Waals surface area contributed by atoms with E-state index in [1.807, 2.05) is 0 Å². The monoisotopic (exact) mass is 455 g/mol. The van der Waals surface area contributed by atoms with Crippen molar-refractivity contribution in [1.29, 1.82) is 0 Å². The molecule has 0 spiro atoms. The number of amides is 1. The van der Waals surface area contributed by atoms with Gasteiger partial charge >= 0.3 is 11.9 Å². The molecule has 4 N–H and O–H groups in total. The van der Waals surface area contributed by atoms with Gasteiger partial charge in [-0.05, 0) is 30.3 Å². The number of hydrogen-bond donors (Lipinski definition) is 4. The van der Waals surface area contributed by atoms with Crippen LogP contribution in [0.2, 0.25) is 0 Å². The maximum absolute atomic E-state index is 14.0. The highest BCUT2D eigenvalue weighted by molar-refractivity contribution is 6.06. The van der Waals surface area contributed by atoms with Gasteiger partial charge in [0.2, 0.25) is 0 Å². The van der Waals surface area contributed by atoms with E-state index in [0.717, 1.165) is 6.92 Å². The minimum absolute atomic E-state index is 0.0000624. The van der Waals surface area contributed by atoms with Crippen LogP contribution in [0.3, 0.4) is 0 Å². The van der Waals surface area contributed by atoms with E-state index in [1.54, 1.807) is 0 Å². The first-order valence-corrected chi connectivity index (χ1v) is 10.0. The number of carbonyl (C=O) groups is 2. The lowest BCUT2D eigenvalue weighted by molar-refractivity contribution is -0.139. The van der Waals surface area contributed by atoms with Gasteiger partial charge in [0.05, 0.1) is 5.56 Å². The number of rotatable bonds is 5. The van der Waals surface area contributed by atoms with Crippen LogP contribution in [-0.2, 0) is 4.79 Å². The summed E-state index contributed by atoms with van der Waals surface area (Å²) in [5, 5.41) is 31.9. The number of aliphatic hydroxyl groups excluding tert-OH is 1. The van der Waals surface area contributed by atoms with Crippen molar-refractivity contribution in [2.24, 2.45) is 0 Å². The maximum Gasteiger partial charge on any atom is 0.336 e. The highest BCUT2D eigenvalue weighted by Gasteiger charge is 2.38. The van der Waals surface area contributed by atoms with Crippen molar-refractivity contribution < 1.29 is 38.4 Å². The number of nitrogens with one attached hydrogen (secondary N) is 1. The third kappa shape index (κ3) is 3.93. The minimum Gasteiger partial charge on any atom is -0.508 e. The number of phenols is 1. The SMILES string of the molecule is CCC(F)(F)C(=O)Nc1cccc(C(=O)O)c1C1=C2C=CC(O)=CC2Oc2cc(O)ccc21. The number of halogens is 2. The number of carboxylic acid groups (broad SMARTS) is 1. The third-order valence-corrected chi connectivity index (χ3v) is 5.41. The predicted molar refractivity (Wildman–Crippen MR) is 116 cm³/mol. The first-order chi connectivity index (χ1) is 15.6. The quantitative estimate of drug-likeness (QED) is 0.522. The Balaban J connectivity index is 2.01. The highest BCUT2D eigenvalue weighted by atomic mass is 19.3. The molecule has 9 heteroatoms. The van der Waals surface area contributed by atoms with Crippen LogP contribution in [-0.4, -0.2) is 39.2 Å². The molecule has 2 aromatic rings. The lowest BCUT2D eigenvalue weighted by atomic mass is 9.83. The number of hydrogen-bond acceptors (Lipinski definition) is 5. The van der Waals surface area contributed by atoms with Crippen molar-refractivity contribution in [3.8, 4) is 11.5 Å². The Morgan fingerprint density at radius 1 is 1.15 bits per heavy atom. The molecule has 2 aromatic carbocycles. The van der Waals surface area contributed by atoms with E-state index in [4.69, 9.17) is 4.74 Å². The van der Waals surface area contributed by atoms with Crippen molar-refractivity contribution in [1.82, 2.24) is 0 Å². The second-order valence-electron chi connectivity index (χ2n) is 7.52. The molecule has 1 aliphatic carbocycles. The Labute approximate surface area is 186 Å². The normalized spacial score (nSPS) is 16.9. The number of aromatic carboxylic acids is 1. The molecular weight excluding hydrogens is 436 g/mol. The molecule has 2 aliphatic rings. The molecule has 0 saturated carbocycles. The topological polar surface area (TPSA) is 116 Å². The number of phenolic OH excluding ortho intramolecular Hbond substituents is 1. The summed E-state index contributed by atoms with van der Waals surface area (Å²) in [4.78, 5) is 24.4. The molecule has 1 heterocycles. The van der Waals surface area contributed by atoms with Gasteiger partial charge in [-0.2, -0.15) is 8.78 Å². The molecular formula is C24H19F2NO6. The number of carboxylic acids is 1. The molecule has 0 saturated heterocycles. The Morgan fingerprint density at radius 3 is 2.61 bits per heavy atom. The molecule has 1 atom stereocenters. The molecule has 0 bridgehead atoms. The van der Waals surface area contributed by atoms with E-state index >= 15 is 0 Å². The number of alkyl halides is 2. The van der Waals surface area contributed by atoms with Gasteiger partial charge in [-0.15, -0.1) is 0 Å². The maximum atomic E-state index is 14.0. The Hall–Kier alpha value is -4.14. The van der Waals surface area contributed by atoms with Gasteiger partial charge in [0.15, 0.2) is 0 Å². The van der Waals surface area contributed by atoms with Crippen LogP contribution in [0, 0.1) is 0 Å². The number of anilines is 1. The minimum atomic E-state index is -3.66. The largest absolute Gasteiger partial charge is 0.508 e. The first-order valence-electron chi connectivity index (χ1n) is 10.0. The molecule has 4 rings (SSSR count). The van der Waals surface area contributed by atoms with Crippen LogP contribution in [0.1, 0.15) is 34.8 Å². The van der Waals surface area contributed by atoms with Crippen LogP contribution in [0.25, 0.3) is 5.57 Å². The Morgan fingerprint density at radius 2 is 1.91 bits per heavy atom. The molecule has 1 amide bonds. The van der Waals surface area contributed by atoms with Crippen LogP contribution in [0.5, 0.6) is 11.5 Å². The standard InChI is InChI=1S/C24H19F2NO6/c1-2-24(25,26)23(32)27-17-5-3-4-16(22(30)31)21(17)20-14-8-6-12(28)10-18(14)33-19-11-13(29)7-9-15(19)20/h3-11,18,28-29H,2H2,1H3,(H,27,32)(H,30,31). The van der Waals surface area contributed by atoms with Crippen molar-refractivity contribution in [2.75, 3.05) is 5.32 Å². The average molecular weight is 455 g/mol. The zero-order valence-electron chi connectivity index (χ0n) is 17.3. The van der Waals surface area contributed by atoms with E-state index in [9.17, 15) is 33.7 Å². The summed E-state index contributed by atoms with van der Waals surface area (Å²) < 4.78 is 33.9. The van der Waals surface area contributed by atoms with Gasteiger partial charge in [-0.25, -0.2) is 4.79 Å². The molecule has 7 nitrogen and oxygen atoms in total. The second-order valence-corrected chi connectivity index (χ2v) is 7.52. The van der Waals surface area contributed by atoms with Gasteiger partial charge in [0, 0.05) is 46.5 Å². The summed E-state index contributed by atoms with van der Waals surface area (Å²) in [7, 11) is 0. The fourth-order valence-corrected chi connectivity index (χ4v) is 3.76. The predicted octanol–water partition coefficient (Wildman–Crippen LogP) is 4.65. The number of aliphatic hydroxyl groups is 1. The summed E-state index contributed by atoms with van der Waals surface area (Å²) in [6.07, 6.45) is 2.71. The second kappa shape index (κ2) is 8.09. The van der Waals surface area contributed by atoms with Crippen molar-refractivity contribution >= 4 is 23.1 Å². The smallest absolute Gasteiger partial charge is 0.336 e. The number of ether oxygens (including phenoxy) is 1. The van der Waals surface area contributed by atoms with Crippen LogP contribution < -0.4 is 10.1 Å². The number of allylic oxidation sites excluding steroid dienone is 1. The van der Waals surface area contributed by atoms with Gasteiger partial charge in [0.1, 0.15) is 23.4 Å². The van der Waals surface area contributed by atoms with Gasteiger partial charge in [0.25, 0.3) is 5.91 Å². The molecule has 1 unspecified atom stereocenters. The fourth-order valence-electron chi connectivity index (χ4n) is 3.76. The van der Waals surface area contributed by atoms with Crippen LogP contribution in [0.15, 0.2) is 66.0 Å². The van der Waals surface area contributed by atoms with E-state index in [2.05, 4.69) is 5.32 Å². The Bertz CT molecular complexity index is 1260. The zero-order valence-corrected chi connectivity index (χ0v) is 17.3. The van der Waals surface area contributed by atoms with Gasteiger partial charge in [-0.3, -0.25) is 4.79 Å². The van der Waals surface area contributed by atoms with Crippen LogP contribution >= 0.6 is 0 Å². The highest BCUT2D eigenvalue weighted by Crippen LogP contribution is 2.46. The van der Waals surface area contributed by atoms with E-state index in [1.165, 1.54) is 54.6 Å². The van der Waals surface area contributed by atoms with E-state index in [0.29, 0.717) is 16.7 Å². The number of aromatic hydroxyl groups is 1. The molecule has 170 valence electrons. The van der Waals surface area contributed by atoms with Gasteiger partial charge in [-0.1, -0.05) is 19.1 Å². The molecule has 0 fully saturated rings. The molecule has 33 heavy (non-hydrogen) atoms. The number of carbonyl (C=O) groups excluding carboxylic acids is 1. The fraction of sp³-hybridized carbons (Fsp3) is 0.167. The summed E-state index contributed by atoms with van der Waals surface area (Å²) >= 11 is 0.